The fourth-order valence-corrected chi connectivity index (χ4v) is 3.09. The fraction of sp³-hybridized carbons (Fsp3) is 1.00. The molecule has 0 bridgehead atoms. The van der Waals surface area contributed by atoms with E-state index < -0.39 is 0 Å². The molecule has 0 saturated heterocycles. The predicted molar refractivity (Wildman–Crippen MR) is 54.2 cm³/mol. The van der Waals surface area contributed by atoms with Crippen LogP contribution in [0.5, 0.6) is 0 Å². The van der Waals surface area contributed by atoms with Crippen LogP contribution in [0.3, 0.4) is 0 Å². The summed E-state index contributed by atoms with van der Waals surface area (Å²) in [5.74, 6) is 2.02. The Balaban J connectivity index is 2.27. The van der Waals surface area contributed by atoms with Gasteiger partial charge in [-0.25, -0.2) is 0 Å². The fourth-order valence-electron chi connectivity index (χ4n) is 2.24. The third-order valence-electron chi connectivity index (χ3n) is 2.92. The van der Waals surface area contributed by atoms with E-state index in [1.165, 1.54) is 43.9 Å². The first-order chi connectivity index (χ1) is 5.38. The van der Waals surface area contributed by atoms with Gasteiger partial charge in [-0.2, -0.15) is 0 Å². The second-order valence-corrected chi connectivity index (χ2v) is 4.40. The molecule has 0 nitrogen and oxygen atoms in total. The lowest BCUT2D eigenvalue weighted by Crippen LogP contribution is -2.12. The molecule has 1 saturated carbocycles. The summed E-state index contributed by atoms with van der Waals surface area (Å²) in [5, 5.41) is 1.23. The van der Waals surface area contributed by atoms with Crippen molar-refractivity contribution in [3.63, 3.8) is 0 Å². The van der Waals surface area contributed by atoms with Gasteiger partial charge in [-0.15, -0.1) is 0 Å². The van der Waals surface area contributed by atoms with E-state index in [4.69, 9.17) is 0 Å². The molecule has 0 heterocycles. The van der Waals surface area contributed by atoms with Crippen molar-refractivity contribution in [2.75, 3.05) is 5.33 Å². The first kappa shape index (κ1) is 9.57. The van der Waals surface area contributed by atoms with Crippen LogP contribution in [0, 0.1) is 11.8 Å². The molecular weight excluding hydrogens is 200 g/mol. The smallest absolute Gasteiger partial charge is 0.00623 e. The molecule has 0 radical (unpaired) electrons. The number of hydrogen-bond acceptors (Lipinski definition) is 0. The Morgan fingerprint density at radius 2 is 2.00 bits per heavy atom. The number of halogens is 1. The Bertz CT molecular complexity index is 95.0. The van der Waals surface area contributed by atoms with E-state index in [0.29, 0.717) is 0 Å². The molecule has 0 amide bonds. The van der Waals surface area contributed by atoms with Gasteiger partial charge >= 0.3 is 0 Å². The molecule has 1 aliphatic carbocycles. The molecule has 1 fully saturated rings. The summed E-state index contributed by atoms with van der Waals surface area (Å²) in [5.41, 5.74) is 0. The molecule has 0 spiro atoms. The van der Waals surface area contributed by atoms with Crippen molar-refractivity contribution in [3.8, 4) is 0 Å². The van der Waals surface area contributed by atoms with Crippen molar-refractivity contribution in [1.82, 2.24) is 0 Å². The molecule has 1 atom stereocenters. The predicted octanol–water partition coefficient (Wildman–Crippen LogP) is 3.99. The quantitative estimate of drug-likeness (QED) is 0.627. The zero-order valence-electron chi connectivity index (χ0n) is 7.48. The van der Waals surface area contributed by atoms with Gasteiger partial charge in [-0.3, -0.25) is 0 Å². The number of rotatable bonds is 4. The van der Waals surface area contributed by atoms with E-state index in [2.05, 4.69) is 22.9 Å². The average molecular weight is 219 g/mol. The SMILES string of the molecule is CCCC(CBr)C1CCCC1. The summed E-state index contributed by atoms with van der Waals surface area (Å²) in [7, 11) is 0. The summed E-state index contributed by atoms with van der Waals surface area (Å²) in [4.78, 5) is 0. The van der Waals surface area contributed by atoms with E-state index in [-0.39, 0.29) is 0 Å². The first-order valence-electron chi connectivity index (χ1n) is 4.94. The van der Waals surface area contributed by atoms with Crippen LogP contribution in [-0.4, -0.2) is 5.33 Å². The molecule has 0 aromatic heterocycles. The average Bonchev–Trinajstić information content (AvgIpc) is 2.52. The Hall–Kier alpha value is 0.480. The maximum atomic E-state index is 3.63. The third-order valence-corrected chi connectivity index (χ3v) is 3.76. The molecule has 0 N–H and O–H groups in total. The molecular formula is C10H19Br. The molecule has 1 unspecified atom stereocenters. The van der Waals surface area contributed by atoms with Crippen molar-refractivity contribution >= 4 is 15.9 Å². The van der Waals surface area contributed by atoms with Crippen LogP contribution in [0.25, 0.3) is 0 Å². The Morgan fingerprint density at radius 1 is 1.36 bits per heavy atom. The molecule has 1 heteroatoms. The molecule has 11 heavy (non-hydrogen) atoms. The molecule has 66 valence electrons. The normalized spacial score (nSPS) is 22.4. The molecule has 1 rings (SSSR count). The van der Waals surface area contributed by atoms with E-state index in [1.807, 2.05) is 0 Å². The minimum atomic E-state index is 0.975. The van der Waals surface area contributed by atoms with Gasteiger partial charge in [-0.05, 0) is 18.3 Å². The molecule has 1 aliphatic rings. The van der Waals surface area contributed by atoms with Crippen molar-refractivity contribution in [2.45, 2.75) is 45.4 Å². The maximum Gasteiger partial charge on any atom is 0.00623 e. The van der Waals surface area contributed by atoms with Crippen molar-refractivity contribution in [2.24, 2.45) is 11.8 Å². The Morgan fingerprint density at radius 3 is 2.45 bits per heavy atom. The Labute approximate surface area is 78.9 Å². The van der Waals surface area contributed by atoms with Crippen molar-refractivity contribution in [1.29, 1.82) is 0 Å². The third kappa shape index (κ3) is 2.77. The lowest BCUT2D eigenvalue weighted by Gasteiger charge is -2.19. The van der Waals surface area contributed by atoms with Crippen molar-refractivity contribution in [3.05, 3.63) is 0 Å². The van der Waals surface area contributed by atoms with Gasteiger partial charge < -0.3 is 0 Å². The van der Waals surface area contributed by atoms with E-state index in [1.54, 1.807) is 0 Å². The second-order valence-electron chi connectivity index (χ2n) is 3.75. The lowest BCUT2D eigenvalue weighted by molar-refractivity contribution is 0.351. The lowest BCUT2D eigenvalue weighted by atomic mass is 9.89. The van der Waals surface area contributed by atoms with Crippen LogP contribution < -0.4 is 0 Å². The van der Waals surface area contributed by atoms with Gasteiger partial charge in [-0.1, -0.05) is 55.0 Å². The highest BCUT2D eigenvalue weighted by Gasteiger charge is 2.22. The maximum absolute atomic E-state index is 3.63. The van der Waals surface area contributed by atoms with Crippen LogP contribution in [0.2, 0.25) is 0 Å². The number of alkyl halides is 1. The monoisotopic (exact) mass is 218 g/mol. The summed E-state index contributed by atoms with van der Waals surface area (Å²) in [6, 6.07) is 0. The highest BCUT2D eigenvalue weighted by molar-refractivity contribution is 9.09. The van der Waals surface area contributed by atoms with Crippen LogP contribution in [0.1, 0.15) is 45.4 Å². The second kappa shape index (κ2) is 5.18. The van der Waals surface area contributed by atoms with Gasteiger partial charge in [0.15, 0.2) is 0 Å². The zero-order valence-corrected chi connectivity index (χ0v) is 9.07. The molecule has 0 aliphatic heterocycles. The molecule has 0 aromatic rings. The molecule has 0 aromatic carbocycles. The van der Waals surface area contributed by atoms with Gasteiger partial charge in [0.2, 0.25) is 0 Å². The van der Waals surface area contributed by atoms with Crippen LogP contribution >= 0.6 is 15.9 Å². The van der Waals surface area contributed by atoms with Gasteiger partial charge in [0, 0.05) is 5.33 Å². The van der Waals surface area contributed by atoms with E-state index in [0.717, 1.165) is 11.8 Å². The van der Waals surface area contributed by atoms with Crippen LogP contribution in [0.15, 0.2) is 0 Å². The zero-order chi connectivity index (χ0) is 8.10. The summed E-state index contributed by atoms with van der Waals surface area (Å²) < 4.78 is 0. The highest BCUT2D eigenvalue weighted by Crippen LogP contribution is 2.34. The summed E-state index contributed by atoms with van der Waals surface area (Å²) in [6.45, 7) is 2.30. The van der Waals surface area contributed by atoms with Gasteiger partial charge in [0.25, 0.3) is 0 Å². The van der Waals surface area contributed by atoms with Crippen molar-refractivity contribution < 1.29 is 0 Å². The summed E-state index contributed by atoms with van der Waals surface area (Å²) in [6.07, 6.45) is 8.74. The topological polar surface area (TPSA) is 0 Å². The van der Waals surface area contributed by atoms with Crippen LogP contribution in [0.4, 0.5) is 0 Å². The van der Waals surface area contributed by atoms with Crippen LogP contribution in [-0.2, 0) is 0 Å². The number of hydrogen-bond donors (Lipinski definition) is 0. The minimum absolute atomic E-state index is 0.975. The van der Waals surface area contributed by atoms with Gasteiger partial charge in [0.05, 0.1) is 0 Å². The minimum Gasteiger partial charge on any atom is -0.0925 e. The van der Waals surface area contributed by atoms with Gasteiger partial charge in [0.1, 0.15) is 0 Å². The Kier molecular flexibility index (Phi) is 4.51. The van der Waals surface area contributed by atoms with E-state index in [9.17, 15) is 0 Å². The highest BCUT2D eigenvalue weighted by atomic mass is 79.9. The summed E-state index contributed by atoms with van der Waals surface area (Å²) >= 11 is 3.63. The first-order valence-corrected chi connectivity index (χ1v) is 6.06. The largest absolute Gasteiger partial charge is 0.0925 e. The van der Waals surface area contributed by atoms with E-state index >= 15 is 0 Å². The standard InChI is InChI=1S/C10H19Br/c1-2-5-10(8-11)9-6-3-4-7-9/h9-10H,2-8H2,1H3.